The first-order valence-electron chi connectivity index (χ1n) is 8.17. The van der Waals surface area contributed by atoms with E-state index in [1.807, 2.05) is 35.9 Å². The van der Waals surface area contributed by atoms with E-state index in [1.165, 1.54) is 11.1 Å². The summed E-state index contributed by atoms with van der Waals surface area (Å²) in [5.74, 6) is 3.77. The van der Waals surface area contributed by atoms with Crippen LogP contribution in [0.1, 0.15) is 24.9 Å². The molecule has 0 bridgehead atoms. The summed E-state index contributed by atoms with van der Waals surface area (Å²) in [4.78, 5) is 11.4. The van der Waals surface area contributed by atoms with Crippen molar-refractivity contribution in [3.8, 4) is 5.82 Å². The lowest BCUT2D eigenvalue weighted by molar-refractivity contribution is 0.548. The minimum Gasteiger partial charge on any atom is -0.465 e. The first kappa shape index (κ1) is 14.8. The third-order valence-electron chi connectivity index (χ3n) is 4.56. The Morgan fingerprint density at radius 2 is 1.96 bits per heavy atom. The summed E-state index contributed by atoms with van der Waals surface area (Å²) in [6.45, 7) is 5.96. The maximum atomic E-state index is 5.61. The van der Waals surface area contributed by atoms with E-state index in [9.17, 15) is 0 Å². The lowest BCUT2D eigenvalue weighted by atomic mass is 9.99. The molecule has 0 spiro atoms. The van der Waals surface area contributed by atoms with Crippen molar-refractivity contribution in [2.75, 3.05) is 18.0 Å². The van der Waals surface area contributed by atoms with Crippen molar-refractivity contribution in [3.05, 3.63) is 66.1 Å². The van der Waals surface area contributed by atoms with Gasteiger partial charge in [0.05, 0.1) is 6.26 Å². The van der Waals surface area contributed by atoms with Gasteiger partial charge < -0.3 is 9.32 Å². The van der Waals surface area contributed by atoms with Crippen LogP contribution in [-0.2, 0) is 0 Å². The van der Waals surface area contributed by atoms with Crippen molar-refractivity contribution < 1.29 is 4.42 Å². The normalized spacial score (nSPS) is 15.2. The molecule has 3 aromatic heterocycles. The average Bonchev–Trinajstić information content (AvgIpc) is 3.27. The molecular weight excluding hydrogens is 300 g/mol. The van der Waals surface area contributed by atoms with Crippen LogP contribution >= 0.6 is 0 Å². The molecular formula is C19H20N4O. The van der Waals surface area contributed by atoms with Crippen LogP contribution in [0.15, 0.2) is 59.0 Å². The van der Waals surface area contributed by atoms with Crippen molar-refractivity contribution in [1.82, 2.24) is 14.5 Å². The molecule has 0 aromatic carbocycles. The highest BCUT2D eigenvalue weighted by Gasteiger charge is 2.21. The second-order valence-corrected chi connectivity index (χ2v) is 6.11. The van der Waals surface area contributed by atoms with Crippen LogP contribution in [0.5, 0.6) is 0 Å². The van der Waals surface area contributed by atoms with Crippen molar-refractivity contribution in [2.45, 2.75) is 20.3 Å². The summed E-state index contributed by atoms with van der Waals surface area (Å²) in [6, 6.07) is 10.1. The smallest absolute Gasteiger partial charge is 0.140 e. The number of pyridine rings is 1. The van der Waals surface area contributed by atoms with Crippen LogP contribution in [0.2, 0.25) is 0 Å². The van der Waals surface area contributed by atoms with E-state index in [1.54, 1.807) is 12.5 Å². The zero-order chi connectivity index (χ0) is 16.5. The number of hydrogen-bond acceptors (Lipinski definition) is 4. The molecule has 0 fully saturated rings. The number of nitrogens with zero attached hydrogens (tertiary/aromatic N) is 4. The van der Waals surface area contributed by atoms with Crippen LogP contribution in [0.4, 0.5) is 5.82 Å². The summed E-state index contributed by atoms with van der Waals surface area (Å²) in [6.07, 6.45) is 6.49. The molecule has 1 aliphatic rings. The minimum atomic E-state index is 0.818. The molecule has 5 heteroatoms. The van der Waals surface area contributed by atoms with Gasteiger partial charge in [0.2, 0.25) is 0 Å². The van der Waals surface area contributed by atoms with Gasteiger partial charge in [-0.1, -0.05) is 11.6 Å². The molecule has 0 amide bonds. The van der Waals surface area contributed by atoms with E-state index >= 15 is 0 Å². The maximum absolute atomic E-state index is 5.61. The van der Waals surface area contributed by atoms with E-state index in [-0.39, 0.29) is 0 Å². The van der Waals surface area contributed by atoms with Crippen molar-refractivity contribution >= 4 is 11.4 Å². The number of hydrogen-bond donors (Lipinski definition) is 0. The molecule has 5 nitrogen and oxygen atoms in total. The SMILES string of the molecule is CC1=C(c2ccco2)CN(c2cccc(-n3ccnc3C)n2)CC1. The van der Waals surface area contributed by atoms with E-state index in [0.29, 0.717) is 0 Å². The molecule has 3 aromatic rings. The van der Waals surface area contributed by atoms with E-state index in [4.69, 9.17) is 9.40 Å². The molecule has 0 saturated carbocycles. The third kappa shape index (κ3) is 2.62. The van der Waals surface area contributed by atoms with Gasteiger partial charge in [0.25, 0.3) is 0 Å². The molecule has 4 heterocycles. The Kier molecular flexibility index (Phi) is 3.69. The van der Waals surface area contributed by atoms with Crippen molar-refractivity contribution in [3.63, 3.8) is 0 Å². The predicted molar refractivity (Wildman–Crippen MR) is 94.2 cm³/mol. The Balaban J connectivity index is 1.64. The number of aryl methyl sites for hydroxylation is 1. The second-order valence-electron chi connectivity index (χ2n) is 6.11. The Hall–Kier alpha value is -2.82. The summed E-state index contributed by atoms with van der Waals surface area (Å²) in [5, 5.41) is 0. The van der Waals surface area contributed by atoms with E-state index in [2.05, 4.69) is 28.9 Å². The second kappa shape index (κ2) is 6.00. The Labute approximate surface area is 141 Å². The summed E-state index contributed by atoms with van der Waals surface area (Å²) >= 11 is 0. The van der Waals surface area contributed by atoms with Crippen molar-refractivity contribution in [2.24, 2.45) is 0 Å². The molecule has 0 unspecified atom stereocenters. The van der Waals surface area contributed by atoms with Gasteiger partial charge in [-0.05, 0) is 44.5 Å². The molecule has 4 rings (SSSR count). The fraction of sp³-hybridized carbons (Fsp3) is 0.263. The number of furan rings is 1. The zero-order valence-corrected chi connectivity index (χ0v) is 13.9. The molecule has 0 N–H and O–H groups in total. The van der Waals surface area contributed by atoms with Gasteiger partial charge in [-0.3, -0.25) is 4.57 Å². The van der Waals surface area contributed by atoms with E-state index < -0.39 is 0 Å². The monoisotopic (exact) mass is 320 g/mol. The fourth-order valence-electron chi connectivity index (χ4n) is 3.13. The first-order chi connectivity index (χ1) is 11.7. The van der Waals surface area contributed by atoms with Crippen LogP contribution in [0.25, 0.3) is 11.4 Å². The number of aromatic nitrogens is 3. The lowest BCUT2D eigenvalue weighted by Crippen LogP contribution is -2.31. The highest BCUT2D eigenvalue weighted by Crippen LogP contribution is 2.29. The predicted octanol–water partition coefficient (Wildman–Crippen LogP) is 3.85. The highest BCUT2D eigenvalue weighted by atomic mass is 16.3. The lowest BCUT2D eigenvalue weighted by Gasteiger charge is -2.30. The molecule has 0 radical (unpaired) electrons. The maximum Gasteiger partial charge on any atom is 0.140 e. The topological polar surface area (TPSA) is 47.1 Å². The standard InChI is InChI=1S/C19H20N4O/c1-14-8-10-22(13-16(14)17-5-4-12-24-17)18-6-3-7-19(21-18)23-11-9-20-15(23)2/h3-7,9,11-12H,8,10,13H2,1-2H3. The summed E-state index contributed by atoms with van der Waals surface area (Å²) in [5.41, 5.74) is 2.65. The van der Waals surface area contributed by atoms with E-state index in [0.717, 1.165) is 42.7 Å². The van der Waals surface area contributed by atoms with Gasteiger partial charge in [0.1, 0.15) is 23.2 Å². The van der Waals surface area contributed by atoms with Gasteiger partial charge in [-0.25, -0.2) is 9.97 Å². The van der Waals surface area contributed by atoms with Gasteiger partial charge in [-0.15, -0.1) is 0 Å². The Bertz CT molecular complexity index is 876. The third-order valence-corrected chi connectivity index (χ3v) is 4.56. The molecule has 0 aliphatic carbocycles. The number of rotatable bonds is 3. The minimum absolute atomic E-state index is 0.818. The van der Waals surface area contributed by atoms with Crippen LogP contribution < -0.4 is 4.90 Å². The Morgan fingerprint density at radius 3 is 2.71 bits per heavy atom. The van der Waals surface area contributed by atoms with Crippen LogP contribution in [-0.4, -0.2) is 27.6 Å². The molecule has 0 saturated heterocycles. The number of anilines is 1. The van der Waals surface area contributed by atoms with Gasteiger partial charge >= 0.3 is 0 Å². The summed E-state index contributed by atoms with van der Waals surface area (Å²) < 4.78 is 7.61. The molecule has 122 valence electrons. The van der Waals surface area contributed by atoms with Crippen LogP contribution in [0, 0.1) is 6.92 Å². The first-order valence-corrected chi connectivity index (χ1v) is 8.17. The Morgan fingerprint density at radius 1 is 1.08 bits per heavy atom. The molecule has 24 heavy (non-hydrogen) atoms. The largest absolute Gasteiger partial charge is 0.465 e. The number of imidazole rings is 1. The van der Waals surface area contributed by atoms with Crippen LogP contribution in [0.3, 0.4) is 0 Å². The van der Waals surface area contributed by atoms with Crippen molar-refractivity contribution in [1.29, 1.82) is 0 Å². The zero-order valence-electron chi connectivity index (χ0n) is 13.9. The fourth-order valence-corrected chi connectivity index (χ4v) is 3.13. The van der Waals surface area contributed by atoms with Gasteiger partial charge in [-0.2, -0.15) is 0 Å². The quantitative estimate of drug-likeness (QED) is 0.735. The molecule has 1 aliphatic heterocycles. The molecule has 0 atom stereocenters. The van der Waals surface area contributed by atoms with Gasteiger partial charge in [0.15, 0.2) is 0 Å². The highest BCUT2D eigenvalue weighted by molar-refractivity contribution is 5.70. The average molecular weight is 320 g/mol. The van der Waals surface area contributed by atoms with Gasteiger partial charge in [0, 0.05) is 31.1 Å². The summed E-state index contributed by atoms with van der Waals surface area (Å²) in [7, 11) is 0.